The number of rotatable bonds is 1. The fraction of sp³-hybridized carbons (Fsp3) is 0.632. The van der Waals surface area contributed by atoms with Crippen LogP contribution in [-0.4, -0.2) is 13.1 Å². The molecule has 0 unspecified atom stereocenters. The van der Waals surface area contributed by atoms with Gasteiger partial charge in [0.05, 0.1) is 10.6 Å². The van der Waals surface area contributed by atoms with Crippen LogP contribution in [0.1, 0.15) is 59.6 Å². The minimum Gasteiger partial charge on any atom is -0.371 e. The predicted octanol–water partition coefficient (Wildman–Crippen LogP) is 5.38. The van der Waals surface area contributed by atoms with Gasteiger partial charge in [-0.05, 0) is 29.9 Å². The fourth-order valence-corrected chi connectivity index (χ4v) is 4.65. The first kappa shape index (κ1) is 17.2. The Hall–Kier alpha value is -1.20. The minimum atomic E-state index is -0.124. The van der Waals surface area contributed by atoms with Crippen molar-refractivity contribution in [1.82, 2.24) is 0 Å². The molecule has 0 fully saturated rings. The van der Waals surface area contributed by atoms with Gasteiger partial charge in [0.25, 0.3) is 0 Å². The normalized spacial score (nSPS) is 17.3. The second kappa shape index (κ2) is 5.17. The lowest BCUT2D eigenvalue weighted by atomic mass is 9.51. The highest BCUT2D eigenvalue weighted by atomic mass is 35.5. The molecule has 0 saturated heterocycles. The van der Waals surface area contributed by atoms with Crippen molar-refractivity contribution >= 4 is 17.3 Å². The number of benzene rings is 1. The van der Waals surface area contributed by atoms with Crippen molar-refractivity contribution < 1.29 is 0 Å². The maximum atomic E-state index is 9.75. The molecule has 22 heavy (non-hydrogen) atoms. The summed E-state index contributed by atoms with van der Waals surface area (Å²) < 4.78 is 0. The summed E-state index contributed by atoms with van der Waals surface area (Å²) in [6, 6.07) is 6.33. The molecule has 0 aromatic heterocycles. The topological polar surface area (TPSA) is 27.0 Å². The molecule has 1 aliphatic heterocycles. The number of halogens is 1. The Balaban J connectivity index is 2.94. The summed E-state index contributed by atoms with van der Waals surface area (Å²) >= 11 is 6.39. The third kappa shape index (κ3) is 2.14. The van der Waals surface area contributed by atoms with Gasteiger partial charge in [-0.25, -0.2) is 0 Å². The predicted molar refractivity (Wildman–Crippen MR) is 94.6 cm³/mol. The highest BCUT2D eigenvalue weighted by Gasteiger charge is 2.58. The summed E-state index contributed by atoms with van der Waals surface area (Å²) in [5.41, 5.74) is 2.87. The van der Waals surface area contributed by atoms with Crippen LogP contribution in [0.15, 0.2) is 12.1 Å². The van der Waals surface area contributed by atoms with E-state index in [1.165, 1.54) is 5.69 Å². The Kier molecular flexibility index (Phi) is 4.03. The van der Waals surface area contributed by atoms with Gasteiger partial charge in [-0.2, -0.15) is 5.26 Å². The highest BCUT2D eigenvalue weighted by molar-refractivity contribution is 6.32. The van der Waals surface area contributed by atoms with Crippen LogP contribution in [0.5, 0.6) is 0 Å². The number of likely N-dealkylation sites (N-methyl/N-ethyl adjacent to an activating group) is 1. The van der Waals surface area contributed by atoms with E-state index in [1.807, 2.05) is 6.07 Å². The Bertz CT molecular complexity index is 613. The molecule has 0 bridgehead atoms. The Labute approximate surface area is 140 Å². The van der Waals surface area contributed by atoms with Crippen molar-refractivity contribution in [1.29, 1.82) is 5.26 Å². The van der Waals surface area contributed by atoms with Gasteiger partial charge in [0.15, 0.2) is 0 Å². The van der Waals surface area contributed by atoms with E-state index in [2.05, 4.69) is 65.5 Å². The van der Waals surface area contributed by atoms with Crippen LogP contribution in [0.25, 0.3) is 0 Å². The molecule has 1 aliphatic rings. The number of hydrogen-bond acceptors (Lipinski definition) is 2. The summed E-state index contributed by atoms with van der Waals surface area (Å²) in [4.78, 5) is 2.39. The molecular formula is C19H27ClN2. The molecule has 1 heterocycles. The lowest BCUT2D eigenvalue weighted by Gasteiger charge is -2.52. The molecule has 1 aromatic carbocycles. The molecule has 0 aliphatic carbocycles. The van der Waals surface area contributed by atoms with E-state index in [-0.39, 0.29) is 16.2 Å². The van der Waals surface area contributed by atoms with Crippen molar-refractivity contribution in [2.24, 2.45) is 10.8 Å². The molecule has 0 radical (unpaired) electrons. The zero-order valence-corrected chi connectivity index (χ0v) is 15.6. The first-order chi connectivity index (χ1) is 10.0. The molecule has 2 nitrogen and oxygen atoms in total. The number of fused-ring (bicyclic) bond motifs is 1. The number of anilines is 1. The molecule has 0 amide bonds. The molecule has 1 aromatic rings. The van der Waals surface area contributed by atoms with E-state index in [1.54, 1.807) is 0 Å². The summed E-state index contributed by atoms with van der Waals surface area (Å²) in [6.07, 6.45) is 0. The molecule has 3 heteroatoms. The van der Waals surface area contributed by atoms with Crippen LogP contribution in [0.2, 0.25) is 5.02 Å². The highest BCUT2D eigenvalue weighted by Crippen LogP contribution is 2.60. The lowest BCUT2D eigenvalue weighted by Crippen LogP contribution is -2.53. The molecule has 0 N–H and O–H groups in total. The average molecular weight is 319 g/mol. The largest absolute Gasteiger partial charge is 0.371 e. The van der Waals surface area contributed by atoms with Crippen molar-refractivity contribution in [3.63, 3.8) is 0 Å². The van der Waals surface area contributed by atoms with Gasteiger partial charge in [0.1, 0.15) is 6.07 Å². The van der Waals surface area contributed by atoms with E-state index >= 15 is 0 Å². The van der Waals surface area contributed by atoms with Crippen LogP contribution in [0.4, 0.5) is 5.69 Å². The zero-order chi connectivity index (χ0) is 16.9. The summed E-state index contributed by atoms with van der Waals surface area (Å²) in [5, 5.41) is 10.3. The maximum absolute atomic E-state index is 9.75. The van der Waals surface area contributed by atoms with Crippen molar-refractivity contribution in [2.75, 3.05) is 18.0 Å². The molecule has 0 saturated carbocycles. The van der Waals surface area contributed by atoms with E-state index in [0.717, 1.165) is 18.7 Å². The molecule has 0 atom stereocenters. The Morgan fingerprint density at radius 2 is 1.73 bits per heavy atom. The van der Waals surface area contributed by atoms with Crippen LogP contribution in [-0.2, 0) is 5.41 Å². The van der Waals surface area contributed by atoms with Gasteiger partial charge >= 0.3 is 0 Å². The smallest absolute Gasteiger partial charge is 0.101 e. The average Bonchev–Trinajstić information content (AvgIpc) is 2.73. The summed E-state index contributed by atoms with van der Waals surface area (Å²) in [5.74, 6) is 0. The first-order valence-corrected chi connectivity index (χ1v) is 8.37. The molecular weight excluding hydrogens is 292 g/mol. The van der Waals surface area contributed by atoms with Crippen LogP contribution >= 0.6 is 11.6 Å². The van der Waals surface area contributed by atoms with Crippen LogP contribution in [0.3, 0.4) is 0 Å². The van der Waals surface area contributed by atoms with Gasteiger partial charge in [0, 0.05) is 29.8 Å². The minimum absolute atomic E-state index is 0.0141. The first-order valence-electron chi connectivity index (χ1n) is 7.99. The number of hydrogen-bond donors (Lipinski definition) is 0. The molecule has 2 rings (SSSR count). The van der Waals surface area contributed by atoms with Gasteiger partial charge < -0.3 is 4.90 Å². The van der Waals surface area contributed by atoms with Crippen molar-refractivity contribution in [3.8, 4) is 6.07 Å². The van der Waals surface area contributed by atoms with Gasteiger partial charge in [0.2, 0.25) is 0 Å². The number of nitrogens with zero attached hydrogens (tertiary/aromatic N) is 2. The molecule has 120 valence electrons. The van der Waals surface area contributed by atoms with E-state index in [0.29, 0.717) is 10.6 Å². The van der Waals surface area contributed by atoms with Crippen molar-refractivity contribution in [3.05, 3.63) is 28.3 Å². The van der Waals surface area contributed by atoms with Gasteiger partial charge in [-0.1, -0.05) is 53.1 Å². The van der Waals surface area contributed by atoms with Crippen molar-refractivity contribution in [2.45, 2.75) is 53.9 Å². The second-order valence-electron chi connectivity index (χ2n) is 8.35. The van der Waals surface area contributed by atoms with E-state index in [9.17, 15) is 5.26 Å². The van der Waals surface area contributed by atoms with Gasteiger partial charge in [-0.3, -0.25) is 0 Å². The lowest BCUT2D eigenvalue weighted by molar-refractivity contribution is 0.0660. The third-order valence-electron chi connectivity index (χ3n) is 5.38. The SMILES string of the molecule is CCN1CC(C(C)(C)C)(C(C)(C)C)c2c1ccc(Cl)c2C#N. The Morgan fingerprint density at radius 1 is 1.18 bits per heavy atom. The van der Waals surface area contributed by atoms with E-state index in [4.69, 9.17) is 11.6 Å². The second-order valence-corrected chi connectivity index (χ2v) is 8.76. The third-order valence-corrected chi connectivity index (χ3v) is 5.70. The maximum Gasteiger partial charge on any atom is 0.101 e. The summed E-state index contributed by atoms with van der Waals surface area (Å²) in [6.45, 7) is 17.7. The number of nitriles is 1. The fourth-order valence-electron chi connectivity index (χ4n) is 4.45. The standard InChI is InChI=1S/C19H27ClN2/c1-8-22-12-19(17(2,3)4,18(5,6)7)16-13(11-21)14(20)9-10-15(16)22/h9-10H,8,12H2,1-7H3. The zero-order valence-electron chi connectivity index (χ0n) is 14.8. The monoisotopic (exact) mass is 318 g/mol. The van der Waals surface area contributed by atoms with Gasteiger partial charge in [-0.15, -0.1) is 0 Å². The quantitative estimate of drug-likeness (QED) is 0.695. The molecule has 0 spiro atoms. The van der Waals surface area contributed by atoms with E-state index < -0.39 is 0 Å². The Morgan fingerprint density at radius 3 is 2.14 bits per heavy atom. The summed E-state index contributed by atoms with van der Waals surface area (Å²) in [7, 11) is 0. The van der Waals surface area contributed by atoms with Crippen LogP contribution < -0.4 is 4.90 Å². The van der Waals surface area contributed by atoms with Crippen LogP contribution in [0, 0.1) is 22.2 Å².